The van der Waals surface area contributed by atoms with Gasteiger partial charge in [-0.1, -0.05) is 6.07 Å². The number of carbonyl (C=O) groups excluding carboxylic acids is 1. The number of rotatable bonds is 2. The number of nitrogens with two attached hydrogens (primary N) is 1. The lowest BCUT2D eigenvalue weighted by Crippen LogP contribution is -2.42. The van der Waals surface area contributed by atoms with Crippen molar-refractivity contribution in [2.75, 3.05) is 13.1 Å². The van der Waals surface area contributed by atoms with Gasteiger partial charge in [0.2, 0.25) is 5.89 Å². The van der Waals surface area contributed by atoms with E-state index in [4.69, 9.17) is 14.9 Å². The topological polar surface area (TPSA) is 90.4 Å². The SMILES string of the molecule is NC(=O)c1cccc2oc(C3CNCC4(CC4)O3)nc12. The molecule has 2 aromatic rings. The maximum absolute atomic E-state index is 11.4. The molecule has 1 spiro atoms. The normalized spacial score (nSPS) is 24.1. The number of primary amides is 1. The van der Waals surface area contributed by atoms with Gasteiger partial charge in [-0.2, -0.15) is 0 Å². The van der Waals surface area contributed by atoms with E-state index < -0.39 is 5.91 Å². The Morgan fingerprint density at radius 3 is 3.05 bits per heavy atom. The van der Waals surface area contributed by atoms with E-state index in [1.54, 1.807) is 18.2 Å². The average Bonchev–Trinajstić information content (AvgIpc) is 3.04. The minimum absolute atomic E-state index is 0.0317. The van der Waals surface area contributed by atoms with Crippen molar-refractivity contribution in [1.82, 2.24) is 10.3 Å². The summed E-state index contributed by atoms with van der Waals surface area (Å²) in [6, 6.07) is 5.17. The van der Waals surface area contributed by atoms with Gasteiger partial charge < -0.3 is 20.2 Å². The molecule has 3 N–H and O–H groups in total. The van der Waals surface area contributed by atoms with Gasteiger partial charge in [-0.25, -0.2) is 4.98 Å². The van der Waals surface area contributed by atoms with Gasteiger partial charge in [0.05, 0.1) is 11.2 Å². The summed E-state index contributed by atoms with van der Waals surface area (Å²) in [7, 11) is 0. The van der Waals surface area contributed by atoms with Crippen LogP contribution in [0.4, 0.5) is 0 Å². The second kappa shape index (κ2) is 4.04. The molecule has 4 rings (SSSR count). The van der Waals surface area contributed by atoms with Gasteiger partial charge in [0.15, 0.2) is 5.58 Å². The molecule has 1 aliphatic heterocycles. The number of hydrogen-bond acceptors (Lipinski definition) is 5. The number of hydrogen-bond donors (Lipinski definition) is 2. The van der Waals surface area contributed by atoms with Crippen molar-refractivity contribution < 1.29 is 13.9 Å². The molecule has 2 fully saturated rings. The highest BCUT2D eigenvalue weighted by Gasteiger charge is 2.48. The van der Waals surface area contributed by atoms with Crippen LogP contribution in [0, 0.1) is 0 Å². The monoisotopic (exact) mass is 273 g/mol. The van der Waals surface area contributed by atoms with E-state index >= 15 is 0 Å². The second-order valence-corrected chi connectivity index (χ2v) is 5.49. The quantitative estimate of drug-likeness (QED) is 0.855. The second-order valence-electron chi connectivity index (χ2n) is 5.49. The van der Waals surface area contributed by atoms with E-state index in [0.717, 1.165) is 19.4 Å². The minimum Gasteiger partial charge on any atom is -0.438 e. The number of amides is 1. The molecule has 6 nitrogen and oxygen atoms in total. The van der Waals surface area contributed by atoms with E-state index in [-0.39, 0.29) is 11.7 Å². The van der Waals surface area contributed by atoms with Crippen molar-refractivity contribution in [3.63, 3.8) is 0 Å². The van der Waals surface area contributed by atoms with E-state index in [1.165, 1.54) is 0 Å². The van der Waals surface area contributed by atoms with Crippen molar-refractivity contribution in [2.24, 2.45) is 5.73 Å². The van der Waals surface area contributed by atoms with Crippen LogP contribution in [0.5, 0.6) is 0 Å². The van der Waals surface area contributed by atoms with Crippen LogP contribution >= 0.6 is 0 Å². The molecule has 1 saturated heterocycles. The van der Waals surface area contributed by atoms with Crippen LogP contribution in [-0.4, -0.2) is 29.6 Å². The Morgan fingerprint density at radius 1 is 1.45 bits per heavy atom. The summed E-state index contributed by atoms with van der Waals surface area (Å²) in [5.41, 5.74) is 6.78. The summed E-state index contributed by atoms with van der Waals surface area (Å²) < 4.78 is 11.8. The molecule has 1 atom stereocenters. The van der Waals surface area contributed by atoms with Gasteiger partial charge >= 0.3 is 0 Å². The number of morpholine rings is 1. The summed E-state index contributed by atoms with van der Waals surface area (Å²) in [5, 5.41) is 3.35. The largest absolute Gasteiger partial charge is 0.438 e. The molecule has 104 valence electrons. The van der Waals surface area contributed by atoms with Gasteiger partial charge in [0.25, 0.3) is 5.91 Å². The first kappa shape index (κ1) is 11.9. The first-order valence-corrected chi connectivity index (χ1v) is 6.75. The zero-order chi connectivity index (χ0) is 13.7. The van der Waals surface area contributed by atoms with Crippen molar-refractivity contribution in [3.8, 4) is 0 Å². The maximum atomic E-state index is 11.4. The number of aromatic nitrogens is 1. The molecule has 2 aliphatic rings. The predicted octanol–water partition coefficient (Wildman–Crippen LogP) is 1.12. The Bertz CT molecular complexity index is 690. The molecular formula is C14H15N3O3. The number of nitrogens with one attached hydrogen (secondary N) is 1. The van der Waals surface area contributed by atoms with Crippen LogP contribution in [0.3, 0.4) is 0 Å². The van der Waals surface area contributed by atoms with Crippen LogP contribution in [0.25, 0.3) is 11.1 Å². The molecule has 1 amide bonds. The van der Waals surface area contributed by atoms with Crippen molar-refractivity contribution in [3.05, 3.63) is 29.7 Å². The zero-order valence-electron chi connectivity index (χ0n) is 10.9. The number of para-hydroxylation sites is 1. The smallest absolute Gasteiger partial charge is 0.251 e. The first-order chi connectivity index (χ1) is 9.67. The third-order valence-corrected chi connectivity index (χ3v) is 3.95. The summed E-state index contributed by atoms with van der Waals surface area (Å²) in [5.74, 6) is 0.00368. The van der Waals surface area contributed by atoms with Gasteiger partial charge in [0, 0.05) is 13.1 Å². The standard InChI is InChI=1S/C14H15N3O3/c15-12(18)8-2-1-3-9-11(8)17-13(19-9)10-6-16-7-14(20-10)4-5-14/h1-3,10,16H,4-7H2,(H2,15,18). The van der Waals surface area contributed by atoms with Gasteiger partial charge in [0.1, 0.15) is 11.6 Å². The number of fused-ring (bicyclic) bond motifs is 1. The molecule has 1 unspecified atom stereocenters. The van der Waals surface area contributed by atoms with E-state index in [0.29, 0.717) is 29.1 Å². The third kappa shape index (κ3) is 1.80. The molecular weight excluding hydrogens is 258 g/mol. The summed E-state index contributed by atoms with van der Waals surface area (Å²) in [6.07, 6.45) is 1.94. The van der Waals surface area contributed by atoms with Crippen LogP contribution in [0.1, 0.15) is 35.2 Å². The molecule has 2 heterocycles. The molecule has 20 heavy (non-hydrogen) atoms. The number of carbonyl (C=O) groups is 1. The lowest BCUT2D eigenvalue weighted by molar-refractivity contribution is -0.0672. The molecule has 1 aromatic heterocycles. The Labute approximate surface area is 115 Å². The van der Waals surface area contributed by atoms with Crippen LogP contribution in [-0.2, 0) is 4.74 Å². The van der Waals surface area contributed by atoms with Crippen LogP contribution in [0.2, 0.25) is 0 Å². The molecule has 0 radical (unpaired) electrons. The zero-order valence-corrected chi connectivity index (χ0v) is 10.9. The average molecular weight is 273 g/mol. The lowest BCUT2D eigenvalue weighted by atomic mass is 10.2. The van der Waals surface area contributed by atoms with Crippen molar-refractivity contribution in [2.45, 2.75) is 24.5 Å². The number of ether oxygens (including phenoxy) is 1. The fourth-order valence-electron chi connectivity index (χ4n) is 2.69. The Hall–Kier alpha value is -1.92. The Kier molecular flexibility index (Phi) is 2.40. The molecule has 0 bridgehead atoms. The number of oxazole rings is 1. The Morgan fingerprint density at radius 2 is 2.30 bits per heavy atom. The minimum atomic E-state index is -0.503. The van der Waals surface area contributed by atoms with Crippen molar-refractivity contribution >= 4 is 17.0 Å². The van der Waals surface area contributed by atoms with Crippen molar-refractivity contribution in [1.29, 1.82) is 0 Å². The van der Waals surface area contributed by atoms with Gasteiger partial charge in [-0.3, -0.25) is 4.79 Å². The number of nitrogens with zero attached hydrogens (tertiary/aromatic N) is 1. The molecule has 1 aromatic carbocycles. The third-order valence-electron chi connectivity index (χ3n) is 3.95. The summed E-state index contributed by atoms with van der Waals surface area (Å²) >= 11 is 0. The first-order valence-electron chi connectivity index (χ1n) is 6.75. The van der Waals surface area contributed by atoms with Gasteiger partial charge in [-0.05, 0) is 25.0 Å². The van der Waals surface area contributed by atoms with E-state index in [1.807, 2.05) is 0 Å². The molecule has 1 aliphatic carbocycles. The molecule has 6 heteroatoms. The van der Waals surface area contributed by atoms with E-state index in [9.17, 15) is 4.79 Å². The summed E-state index contributed by atoms with van der Waals surface area (Å²) in [4.78, 5) is 15.8. The molecule has 1 saturated carbocycles. The van der Waals surface area contributed by atoms with Crippen LogP contribution in [0.15, 0.2) is 22.6 Å². The lowest BCUT2D eigenvalue weighted by Gasteiger charge is -2.29. The highest BCUT2D eigenvalue weighted by atomic mass is 16.5. The summed E-state index contributed by atoms with van der Waals surface area (Å²) in [6.45, 7) is 1.55. The maximum Gasteiger partial charge on any atom is 0.251 e. The van der Waals surface area contributed by atoms with Gasteiger partial charge in [-0.15, -0.1) is 0 Å². The fourth-order valence-corrected chi connectivity index (χ4v) is 2.69. The number of benzene rings is 1. The van der Waals surface area contributed by atoms with E-state index in [2.05, 4.69) is 10.3 Å². The van der Waals surface area contributed by atoms with Crippen LogP contribution < -0.4 is 11.1 Å². The highest BCUT2D eigenvalue weighted by molar-refractivity contribution is 6.03. The predicted molar refractivity (Wildman–Crippen MR) is 71.2 cm³/mol. The Balaban J connectivity index is 1.73. The fraction of sp³-hybridized carbons (Fsp3) is 0.429. The highest BCUT2D eigenvalue weighted by Crippen LogP contribution is 2.44.